The molecule has 0 bridgehead atoms. The highest BCUT2D eigenvalue weighted by Gasteiger charge is 1.75. The van der Waals surface area contributed by atoms with Gasteiger partial charge in [-0.3, -0.25) is 4.34 Å². The van der Waals surface area contributed by atoms with Crippen LogP contribution in [0.1, 0.15) is 6.42 Å². The Morgan fingerprint density at radius 2 is 2.33 bits per heavy atom. The fourth-order valence-electron chi connectivity index (χ4n) is 0.146. The standard InChI is InChI=1S/C3H8BrNO/c4-5-2-1-3-6/h5-6H,1-3H2. The first-order valence-corrected chi connectivity index (χ1v) is 2.65. The van der Waals surface area contributed by atoms with Gasteiger partial charge in [0.2, 0.25) is 0 Å². The molecule has 0 aromatic heterocycles. The van der Waals surface area contributed by atoms with Gasteiger partial charge in [0.25, 0.3) is 0 Å². The summed E-state index contributed by atoms with van der Waals surface area (Å²) >= 11 is 2.99. The lowest BCUT2D eigenvalue weighted by Crippen LogP contribution is -2.01. The molecule has 0 amide bonds. The van der Waals surface area contributed by atoms with Crippen molar-refractivity contribution in [2.45, 2.75) is 6.42 Å². The number of hydrogen-bond donors (Lipinski definition) is 2. The fourth-order valence-corrected chi connectivity index (χ4v) is 0.426. The van der Waals surface area contributed by atoms with E-state index in [4.69, 9.17) is 5.11 Å². The zero-order chi connectivity index (χ0) is 4.83. The van der Waals surface area contributed by atoms with Crippen LogP contribution in [0.3, 0.4) is 0 Å². The van der Waals surface area contributed by atoms with Gasteiger partial charge in [-0.1, -0.05) is 0 Å². The minimum Gasteiger partial charge on any atom is -0.396 e. The van der Waals surface area contributed by atoms with Gasteiger partial charge in [-0.15, -0.1) is 0 Å². The maximum Gasteiger partial charge on any atom is 0.0443 e. The molecule has 0 aromatic carbocycles. The van der Waals surface area contributed by atoms with Crippen LogP contribution in [-0.2, 0) is 0 Å². The molecule has 0 saturated heterocycles. The Balaban J connectivity index is 2.34. The van der Waals surface area contributed by atoms with Crippen LogP contribution in [0.2, 0.25) is 0 Å². The lowest BCUT2D eigenvalue weighted by molar-refractivity contribution is 0.290. The van der Waals surface area contributed by atoms with Crippen LogP contribution in [-0.4, -0.2) is 18.3 Å². The van der Waals surface area contributed by atoms with E-state index in [0.717, 1.165) is 13.0 Å². The Kier molecular flexibility index (Phi) is 5.76. The third kappa shape index (κ3) is 4.40. The second-order valence-electron chi connectivity index (χ2n) is 0.961. The lowest BCUT2D eigenvalue weighted by Gasteiger charge is -1.87. The van der Waals surface area contributed by atoms with E-state index in [0.29, 0.717) is 0 Å². The van der Waals surface area contributed by atoms with Crippen molar-refractivity contribution in [2.24, 2.45) is 0 Å². The van der Waals surface area contributed by atoms with E-state index in [-0.39, 0.29) is 6.61 Å². The molecule has 0 atom stereocenters. The molecule has 0 saturated carbocycles. The molecule has 2 nitrogen and oxygen atoms in total. The van der Waals surface area contributed by atoms with E-state index < -0.39 is 0 Å². The molecular formula is C3H8BrNO. The van der Waals surface area contributed by atoms with Crippen LogP contribution in [0, 0.1) is 0 Å². The van der Waals surface area contributed by atoms with Crippen LogP contribution < -0.4 is 4.34 Å². The van der Waals surface area contributed by atoms with Gasteiger partial charge in [0.05, 0.1) is 0 Å². The highest BCUT2D eigenvalue weighted by Crippen LogP contribution is 1.72. The van der Waals surface area contributed by atoms with Gasteiger partial charge < -0.3 is 5.11 Å². The van der Waals surface area contributed by atoms with Crippen LogP contribution in [0.5, 0.6) is 0 Å². The second-order valence-corrected chi connectivity index (χ2v) is 1.52. The summed E-state index contributed by atoms with van der Waals surface area (Å²) in [4.78, 5) is 0. The van der Waals surface area contributed by atoms with E-state index in [9.17, 15) is 0 Å². The molecular weight excluding hydrogens is 146 g/mol. The molecule has 0 aromatic rings. The first-order valence-electron chi connectivity index (χ1n) is 1.86. The highest BCUT2D eigenvalue weighted by atomic mass is 79.9. The summed E-state index contributed by atoms with van der Waals surface area (Å²) in [5, 5.41) is 8.14. The summed E-state index contributed by atoms with van der Waals surface area (Å²) in [6.07, 6.45) is 0.811. The van der Waals surface area contributed by atoms with Crippen molar-refractivity contribution in [2.75, 3.05) is 13.2 Å². The Hall–Kier alpha value is 0.400. The topological polar surface area (TPSA) is 32.3 Å². The Labute approximate surface area is 45.9 Å². The van der Waals surface area contributed by atoms with Crippen molar-refractivity contribution in [3.05, 3.63) is 0 Å². The number of halogens is 1. The van der Waals surface area contributed by atoms with E-state index in [1.165, 1.54) is 0 Å². The maximum absolute atomic E-state index is 8.14. The molecule has 0 heterocycles. The molecule has 6 heavy (non-hydrogen) atoms. The number of hydrogen-bond acceptors (Lipinski definition) is 2. The normalized spacial score (nSPS) is 9.00. The van der Waals surface area contributed by atoms with Crippen molar-refractivity contribution in [3.8, 4) is 0 Å². The fraction of sp³-hybridized carbons (Fsp3) is 1.00. The molecule has 0 aliphatic rings. The van der Waals surface area contributed by atoms with Gasteiger partial charge in [-0.2, -0.15) is 0 Å². The van der Waals surface area contributed by atoms with Crippen molar-refractivity contribution < 1.29 is 5.11 Å². The lowest BCUT2D eigenvalue weighted by atomic mass is 10.5. The summed E-state index contributed by atoms with van der Waals surface area (Å²) in [6, 6.07) is 0. The van der Waals surface area contributed by atoms with E-state index in [1.807, 2.05) is 0 Å². The Morgan fingerprint density at radius 1 is 1.67 bits per heavy atom. The quantitative estimate of drug-likeness (QED) is 0.451. The molecule has 0 spiro atoms. The van der Waals surface area contributed by atoms with Gasteiger partial charge >= 0.3 is 0 Å². The van der Waals surface area contributed by atoms with Crippen LogP contribution in [0.4, 0.5) is 0 Å². The molecule has 3 heteroatoms. The van der Waals surface area contributed by atoms with E-state index in [1.54, 1.807) is 0 Å². The van der Waals surface area contributed by atoms with Gasteiger partial charge in [0.15, 0.2) is 0 Å². The zero-order valence-electron chi connectivity index (χ0n) is 3.45. The molecule has 0 fully saturated rings. The van der Waals surface area contributed by atoms with Gasteiger partial charge in [0, 0.05) is 29.3 Å². The highest BCUT2D eigenvalue weighted by molar-refractivity contribution is 9.08. The smallest absolute Gasteiger partial charge is 0.0443 e. The van der Waals surface area contributed by atoms with Crippen molar-refractivity contribution in [3.63, 3.8) is 0 Å². The minimum atomic E-state index is 0.262. The summed E-state index contributed by atoms with van der Waals surface area (Å²) < 4.78 is 2.72. The summed E-state index contributed by atoms with van der Waals surface area (Å²) in [6.45, 7) is 1.09. The molecule has 2 N–H and O–H groups in total. The van der Waals surface area contributed by atoms with Gasteiger partial charge in [-0.25, -0.2) is 0 Å². The summed E-state index contributed by atoms with van der Waals surface area (Å²) in [5.41, 5.74) is 0. The number of aliphatic hydroxyl groups excluding tert-OH is 1. The number of nitrogens with one attached hydrogen (secondary N) is 1. The predicted octanol–water partition coefficient (Wildman–Crippen LogP) is 0.268. The van der Waals surface area contributed by atoms with E-state index >= 15 is 0 Å². The average molecular weight is 154 g/mol. The zero-order valence-corrected chi connectivity index (χ0v) is 5.03. The Morgan fingerprint density at radius 3 is 2.50 bits per heavy atom. The molecule has 0 rings (SSSR count). The molecule has 0 radical (unpaired) electrons. The van der Waals surface area contributed by atoms with Crippen molar-refractivity contribution in [1.29, 1.82) is 0 Å². The first kappa shape index (κ1) is 6.40. The van der Waals surface area contributed by atoms with Gasteiger partial charge in [-0.05, 0) is 6.42 Å². The molecule has 0 unspecified atom stereocenters. The maximum atomic E-state index is 8.14. The number of rotatable bonds is 3. The SMILES string of the molecule is OCCCNBr. The van der Waals surface area contributed by atoms with Crippen molar-refractivity contribution >= 4 is 16.1 Å². The largest absolute Gasteiger partial charge is 0.396 e. The average Bonchev–Trinajstić information content (AvgIpc) is 1.61. The third-order valence-corrected chi connectivity index (χ3v) is 0.826. The van der Waals surface area contributed by atoms with Crippen LogP contribution >= 0.6 is 16.1 Å². The summed E-state index contributed by atoms with van der Waals surface area (Å²) in [5.74, 6) is 0. The third-order valence-electron chi connectivity index (χ3n) is 0.429. The monoisotopic (exact) mass is 153 g/mol. The number of aliphatic hydroxyl groups is 1. The van der Waals surface area contributed by atoms with Crippen LogP contribution in [0.15, 0.2) is 0 Å². The first-order chi connectivity index (χ1) is 2.91. The van der Waals surface area contributed by atoms with Crippen molar-refractivity contribution in [1.82, 2.24) is 4.34 Å². The summed E-state index contributed by atoms with van der Waals surface area (Å²) in [7, 11) is 0. The molecule has 0 aliphatic heterocycles. The predicted molar refractivity (Wildman–Crippen MR) is 28.6 cm³/mol. The van der Waals surface area contributed by atoms with E-state index in [2.05, 4.69) is 20.5 Å². The van der Waals surface area contributed by atoms with Gasteiger partial charge in [0.1, 0.15) is 0 Å². The second kappa shape index (κ2) is 5.40. The Bertz CT molecular complexity index is 22.8. The van der Waals surface area contributed by atoms with Crippen LogP contribution in [0.25, 0.3) is 0 Å². The molecule has 38 valence electrons. The molecule has 0 aliphatic carbocycles. The minimum absolute atomic E-state index is 0.262.